The molecule has 1 aromatic rings. The molecule has 0 saturated carbocycles. The van der Waals surface area contributed by atoms with Gasteiger partial charge in [0.1, 0.15) is 5.78 Å². The molecule has 0 saturated heterocycles. The lowest BCUT2D eigenvalue weighted by molar-refractivity contribution is -0.124. The van der Waals surface area contributed by atoms with E-state index in [1.807, 2.05) is 0 Å². The molecule has 1 aliphatic heterocycles. The lowest BCUT2D eigenvalue weighted by atomic mass is 10.1. The van der Waals surface area contributed by atoms with Crippen molar-refractivity contribution in [2.45, 2.75) is 20.3 Å². The third kappa shape index (κ3) is 2.48. The number of nitrogens with one attached hydrogen (secondary N) is 1. The molecule has 0 spiro atoms. The number of hydrogen-bond acceptors (Lipinski definition) is 3. The van der Waals surface area contributed by atoms with Crippen molar-refractivity contribution in [2.75, 3.05) is 5.32 Å². The van der Waals surface area contributed by atoms with E-state index in [0.29, 0.717) is 16.4 Å². The smallest absolute Gasteiger partial charge is 0.325 e. The van der Waals surface area contributed by atoms with Gasteiger partial charge in [0.15, 0.2) is 0 Å². The highest BCUT2D eigenvalue weighted by Gasteiger charge is 2.11. The summed E-state index contributed by atoms with van der Waals surface area (Å²) in [6.45, 7) is 3.13. The van der Waals surface area contributed by atoms with E-state index < -0.39 is 6.03 Å². The van der Waals surface area contributed by atoms with E-state index in [2.05, 4.69) is 15.3 Å². The van der Waals surface area contributed by atoms with Crippen molar-refractivity contribution in [1.82, 2.24) is 0 Å². The average Bonchev–Trinajstić information content (AvgIpc) is 2.56. The molecule has 1 aromatic carbocycles. The Hall–Kier alpha value is -2.37. The fraction of sp³-hybridized carbons (Fsp3) is 0.250. The fourth-order valence-corrected chi connectivity index (χ4v) is 1.65. The Balaban J connectivity index is 2.32. The van der Waals surface area contributed by atoms with Crippen molar-refractivity contribution in [3.63, 3.8) is 0 Å². The number of aryl methyl sites for hydroxylation is 1. The molecule has 1 heterocycles. The molecule has 3 amide bonds. The lowest BCUT2D eigenvalue weighted by Gasteiger charge is -2.06. The molecule has 0 fully saturated rings. The molecule has 0 radical (unpaired) electrons. The number of ketones is 1. The zero-order chi connectivity index (χ0) is 13.3. The van der Waals surface area contributed by atoms with E-state index in [1.54, 1.807) is 19.1 Å². The Labute approximate surface area is 102 Å². The molecule has 6 nitrogen and oxygen atoms in total. The zero-order valence-electron chi connectivity index (χ0n) is 9.98. The van der Waals surface area contributed by atoms with Gasteiger partial charge in [-0.05, 0) is 31.5 Å². The second kappa shape index (κ2) is 4.48. The molecule has 0 unspecified atom stereocenters. The van der Waals surface area contributed by atoms with Gasteiger partial charge < -0.3 is 5.32 Å². The van der Waals surface area contributed by atoms with Crippen LogP contribution in [0.5, 0.6) is 0 Å². The average molecular weight is 245 g/mol. The van der Waals surface area contributed by atoms with E-state index in [9.17, 15) is 14.4 Å². The molecule has 0 aromatic heterocycles. The predicted octanol–water partition coefficient (Wildman–Crippen LogP) is 0.285. The number of Topliss-reactive ketones (excluding diaryl/α,β-unsaturated/α-hetero) is 1. The highest BCUT2D eigenvalue weighted by atomic mass is 16.2. The normalized spacial score (nSPS) is 12.4. The van der Waals surface area contributed by atoms with E-state index in [0.717, 1.165) is 5.56 Å². The van der Waals surface area contributed by atoms with E-state index in [1.165, 1.54) is 6.92 Å². The quantitative estimate of drug-likeness (QED) is 0.776. The van der Waals surface area contributed by atoms with Crippen LogP contribution in [0.1, 0.15) is 18.9 Å². The number of hydrogen-bond donors (Lipinski definition) is 1. The van der Waals surface area contributed by atoms with Crippen LogP contribution in [0.3, 0.4) is 0 Å². The second-order valence-electron chi connectivity index (χ2n) is 4.09. The molecule has 92 valence electrons. The second-order valence-corrected chi connectivity index (χ2v) is 4.09. The summed E-state index contributed by atoms with van der Waals surface area (Å²) >= 11 is 0. The highest BCUT2D eigenvalue weighted by molar-refractivity contribution is 6.03. The van der Waals surface area contributed by atoms with Gasteiger partial charge in [0.25, 0.3) is 0 Å². The minimum atomic E-state index is -0.545. The number of fused-ring (bicyclic) bond motifs is 1. The molecular weight excluding hydrogens is 234 g/mol. The lowest BCUT2D eigenvalue weighted by Crippen LogP contribution is -2.24. The monoisotopic (exact) mass is 245 g/mol. The Morgan fingerprint density at radius 3 is 2.44 bits per heavy atom. The topological polar surface area (TPSA) is 88.0 Å². The van der Waals surface area contributed by atoms with Crippen LogP contribution in [0.15, 0.2) is 22.1 Å². The van der Waals surface area contributed by atoms with Gasteiger partial charge in [0.05, 0.1) is 17.1 Å². The molecule has 18 heavy (non-hydrogen) atoms. The molecule has 0 bridgehead atoms. The Morgan fingerprint density at radius 2 is 1.83 bits per heavy atom. The summed E-state index contributed by atoms with van der Waals surface area (Å²) in [5.41, 5.74) is 1.30. The number of amides is 3. The van der Waals surface area contributed by atoms with Crippen LogP contribution in [0, 0.1) is 6.92 Å². The van der Waals surface area contributed by atoms with Crippen molar-refractivity contribution in [1.29, 1.82) is 0 Å². The molecule has 1 aliphatic rings. The Bertz CT molecular complexity index is 677. The van der Waals surface area contributed by atoms with Gasteiger partial charge in [-0.15, -0.1) is 0 Å². The van der Waals surface area contributed by atoms with Gasteiger partial charge in [-0.3, -0.25) is 9.59 Å². The highest BCUT2D eigenvalue weighted by Crippen LogP contribution is 2.10. The van der Waals surface area contributed by atoms with Gasteiger partial charge in [-0.2, -0.15) is 9.98 Å². The molecule has 0 aliphatic carbocycles. The maximum absolute atomic E-state index is 11.5. The first-order valence-electron chi connectivity index (χ1n) is 5.37. The maximum atomic E-state index is 11.5. The van der Waals surface area contributed by atoms with Crippen LogP contribution in [0.4, 0.5) is 10.5 Å². The van der Waals surface area contributed by atoms with Crippen LogP contribution in [-0.4, -0.2) is 17.7 Å². The van der Waals surface area contributed by atoms with Gasteiger partial charge in [0, 0.05) is 5.69 Å². The van der Waals surface area contributed by atoms with Gasteiger partial charge in [-0.25, -0.2) is 4.79 Å². The summed E-state index contributed by atoms with van der Waals surface area (Å²) in [7, 11) is 0. The van der Waals surface area contributed by atoms with Crippen LogP contribution >= 0.6 is 0 Å². The van der Waals surface area contributed by atoms with Gasteiger partial charge in [-0.1, -0.05) is 0 Å². The summed E-state index contributed by atoms with van der Waals surface area (Å²) in [5, 5.41) is 3.55. The number of nitrogens with zero attached hydrogens (tertiary/aromatic N) is 2. The number of carbonyl (C=O) groups is 3. The number of anilines is 1. The summed E-state index contributed by atoms with van der Waals surface area (Å²) in [5.74, 6) is -0.590. The number of rotatable bonds is 3. The summed E-state index contributed by atoms with van der Waals surface area (Å²) in [4.78, 5) is 40.7. The minimum absolute atomic E-state index is 0.170. The largest absolute Gasteiger partial charge is 0.368 e. The van der Waals surface area contributed by atoms with Crippen molar-refractivity contribution in [2.24, 2.45) is 9.98 Å². The fourth-order valence-electron chi connectivity index (χ4n) is 1.65. The molecule has 1 N–H and O–H groups in total. The van der Waals surface area contributed by atoms with Gasteiger partial charge >= 0.3 is 6.03 Å². The van der Waals surface area contributed by atoms with Crippen LogP contribution < -0.4 is 16.0 Å². The minimum Gasteiger partial charge on any atom is -0.325 e. The first-order chi connectivity index (χ1) is 8.45. The van der Waals surface area contributed by atoms with Crippen molar-refractivity contribution < 1.29 is 14.4 Å². The summed E-state index contributed by atoms with van der Waals surface area (Å²) in [6.07, 6.45) is -0.170. The maximum Gasteiger partial charge on any atom is 0.368 e. The molecule has 2 rings (SSSR count). The third-order valence-corrected chi connectivity index (χ3v) is 2.44. The zero-order valence-corrected chi connectivity index (χ0v) is 9.98. The van der Waals surface area contributed by atoms with Crippen molar-refractivity contribution >= 4 is 23.4 Å². The van der Waals surface area contributed by atoms with Crippen molar-refractivity contribution in [3.8, 4) is 0 Å². The summed E-state index contributed by atoms with van der Waals surface area (Å²) in [6, 6.07) is 2.71. The standard InChI is InChI=1S/C12H11N3O3/c1-6-3-9-10(15-12(18)14-9)5-8(6)13-11(17)4-7(2)16/h3,5H,4H2,1-2H3,(H,13,17). The first-order valence-corrected chi connectivity index (χ1v) is 5.37. The first kappa shape index (κ1) is 12.1. The van der Waals surface area contributed by atoms with E-state index in [4.69, 9.17) is 0 Å². The van der Waals surface area contributed by atoms with Gasteiger partial charge in [0.2, 0.25) is 5.91 Å². The Kier molecular flexibility index (Phi) is 3.01. The Morgan fingerprint density at radius 1 is 1.22 bits per heavy atom. The number of benzene rings is 1. The molecule has 6 heteroatoms. The van der Waals surface area contributed by atoms with Crippen LogP contribution in [-0.2, 0) is 9.59 Å². The molecular formula is C12H11N3O3. The third-order valence-electron chi connectivity index (χ3n) is 2.44. The molecule has 0 atom stereocenters. The van der Waals surface area contributed by atoms with E-state index in [-0.39, 0.29) is 18.1 Å². The number of urea groups is 1. The number of carbonyl (C=O) groups excluding carboxylic acids is 3. The predicted molar refractivity (Wildman–Crippen MR) is 62.8 cm³/mol. The van der Waals surface area contributed by atoms with Crippen LogP contribution in [0.25, 0.3) is 0 Å². The summed E-state index contributed by atoms with van der Waals surface area (Å²) < 4.78 is 0. The van der Waals surface area contributed by atoms with Crippen molar-refractivity contribution in [3.05, 3.63) is 28.4 Å². The van der Waals surface area contributed by atoms with Crippen LogP contribution in [0.2, 0.25) is 0 Å². The SMILES string of the molecule is CC(=O)CC(=O)Nc1cc2c(cc1C)=NC(=O)N=2. The van der Waals surface area contributed by atoms with E-state index >= 15 is 0 Å².